The van der Waals surface area contributed by atoms with Gasteiger partial charge < -0.3 is 14.8 Å². The number of aromatic nitrogens is 1. The van der Waals surface area contributed by atoms with Gasteiger partial charge in [0.25, 0.3) is 0 Å². The first-order chi connectivity index (χ1) is 9.40. The Morgan fingerprint density at radius 1 is 1.40 bits per heavy atom. The van der Waals surface area contributed by atoms with E-state index >= 15 is 0 Å². The maximum Gasteiger partial charge on any atom is 0.338 e. The Bertz CT molecular complexity index is 655. The normalized spacial score (nSPS) is 12.2. The summed E-state index contributed by atoms with van der Waals surface area (Å²) in [5.41, 5.74) is -0.872. The third kappa shape index (κ3) is 2.61. The number of halogens is 2. The molecule has 0 fully saturated rings. The SMILES string of the molecule is Cc1cnc(C(C)Nc2ccc(C(=O)O)c(F)c2F)o1. The number of carboxylic acids is 1. The number of hydrogen-bond acceptors (Lipinski definition) is 4. The van der Waals surface area contributed by atoms with Crippen molar-refractivity contribution < 1.29 is 23.1 Å². The Morgan fingerprint density at radius 3 is 2.65 bits per heavy atom. The molecule has 0 saturated heterocycles. The highest BCUT2D eigenvalue weighted by Crippen LogP contribution is 2.25. The topological polar surface area (TPSA) is 75.4 Å². The minimum atomic E-state index is -1.52. The second-order valence-electron chi connectivity index (χ2n) is 4.27. The molecule has 0 aliphatic carbocycles. The average Bonchev–Trinajstić information content (AvgIpc) is 2.81. The molecule has 0 amide bonds. The predicted octanol–water partition coefficient (Wildman–Crippen LogP) is 3.13. The number of carboxylic acid groups (broad SMARTS) is 1. The summed E-state index contributed by atoms with van der Waals surface area (Å²) in [6, 6.07) is 1.67. The van der Waals surface area contributed by atoms with Crippen molar-refractivity contribution in [1.82, 2.24) is 4.98 Å². The van der Waals surface area contributed by atoms with Gasteiger partial charge >= 0.3 is 5.97 Å². The van der Waals surface area contributed by atoms with Gasteiger partial charge in [0.15, 0.2) is 11.6 Å². The van der Waals surface area contributed by atoms with Crippen LogP contribution < -0.4 is 5.32 Å². The van der Waals surface area contributed by atoms with Gasteiger partial charge in [0.05, 0.1) is 17.4 Å². The van der Waals surface area contributed by atoms with Gasteiger partial charge in [-0.2, -0.15) is 0 Å². The van der Waals surface area contributed by atoms with Crippen LogP contribution in [0.1, 0.15) is 35.0 Å². The van der Waals surface area contributed by atoms with Crippen molar-refractivity contribution in [1.29, 1.82) is 0 Å². The fraction of sp³-hybridized carbons (Fsp3) is 0.231. The summed E-state index contributed by atoms with van der Waals surface area (Å²) >= 11 is 0. The molecular weight excluding hydrogens is 270 g/mol. The van der Waals surface area contributed by atoms with Crippen molar-refractivity contribution in [3.63, 3.8) is 0 Å². The Kier molecular flexibility index (Phi) is 3.69. The number of benzene rings is 1. The first kappa shape index (κ1) is 14.0. The average molecular weight is 282 g/mol. The largest absolute Gasteiger partial charge is 0.478 e. The Hall–Kier alpha value is -2.44. The molecular formula is C13H12F2N2O3. The molecule has 106 valence electrons. The predicted molar refractivity (Wildman–Crippen MR) is 66.6 cm³/mol. The van der Waals surface area contributed by atoms with Crippen molar-refractivity contribution in [3.8, 4) is 0 Å². The summed E-state index contributed by atoms with van der Waals surface area (Å²) in [6.45, 7) is 3.37. The van der Waals surface area contributed by atoms with Crippen molar-refractivity contribution in [2.24, 2.45) is 0 Å². The van der Waals surface area contributed by atoms with Crippen LogP contribution in [0.4, 0.5) is 14.5 Å². The van der Waals surface area contributed by atoms with Crippen molar-refractivity contribution in [2.75, 3.05) is 5.32 Å². The van der Waals surface area contributed by atoms with Crippen LogP contribution in [0.25, 0.3) is 0 Å². The molecule has 5 nitrogen and oxygen atoms in total. The van der Waals surface area contributed by atoms with Gasteiger partial charge in [-0.1, -0.05) is 0 Å². The number of aromatic carboxylic acids is 1. The van der Waals surface area contributed by atoms with Crippen LogP contribution >= 0.6 is 0 Å². The van der Waals surface area contributed by atoms with Gasteiger partial charge in [-0.15, -0.1) is 0 Å². The lowest BCUT2D eigenvalue weighted by Gasteiger charge is -2.13. The molecule has 2 rings (SSSR count). The minimum absolute atomic E-state index is 0.157. The molecule has 1 atom stereocenters. The molecule has 0 aliphatic rings. The molecule has 0 radical (unpaired) electrons. The zero-order valence-electron chi connectivity index (χ0n) is 10.8. The first-order valence-corrected chi connectivity index (χ1v) is 5.80. The summed E-state index contributed by atoms with van der Waals surface area (Å²) in [7, 11) is 0. The van der Waals surface area contributed by atoms with Crippen molar-refractivity contribution >= 4 is 11.7 Å². The Balaban J connectivity index is 2.26. The summed E-state index contributed by atoms with van der Waals surface area (Å²) in [5, 5.41) is 11.4. The lowest BCUT2D eigenvalue weighted by atomic mass is 10.1. The fourth-order valence-electron chi connectivity index (χ4n) is 1.69. The lowest BCUT2D eigenvalue weighted by Crippen LogP contribution is -2.11. The summed E-state index contributed by atoms with van der Waals surface area (Å²) in [5.74, 6) is -3.26. The molecule has 7 heteroatoms. The maximum absolute atomic E-state index is 13.8. The van der Waals surface area contributed by atoms with E-state index in [1.807, 2.05) is 0 Å². The monoisotopic (exact) mass is 282 g/mol. The second-order valence-corrected chi connectivity index (χ2v) is 4.27. The number of nitrogens with one attached hydrogen (secondary N) is 1. The number of carbonyl (C=O) groups is 1. The van der Waals surface area contributed by atoms with Crippen molar-refractivity contribution in [2.45, 2.75) is 19.9 Å². The number of hydrogen-bond donors (Lipinski definition) is 2. The molecule has 0 saturated carbocycles. The number of rotatable bonds is 4. The molecule has 1 unspecified atom stereocenters. The van der Waals surface area contributed by atoms with Crippen LogP contribution in [0.15, 0.2) is 22.7 Å². The van der Waals surface area contributed by atoms with E-state index in [9.17, 15) is 13.6 Å². The molecule has 2 N–H and O–H groups in total. The Labute approximate surface area is 113 Å². The molecule has 0 spiro atoms. The van der Waals surface area contributed by atoms with Crippen LogP contribution in [0.5, 0.6) is 0 Å². The number of anilines is 1. The third-order valence-corrected chi connectivity index (χ3v) is 2.69. The van der Waals surface area contributed by atoms with Crippen LogP contribution in [-0.4, -0.2) is 16.1 Å². The van der Waals surface area contributed by atoms with Gasteiger partial charge in [-0.25, -0.2) is 18.6 Å². The molecule has 0 bridgehead atoms. The van der Waals surface area contributed by atoms with E-state index in [1.54, 1.807) is 13.8 Å². The van der Waals surface area contributed by atoms with Crippen LogP contribution in [-0.2, 0) is 0 Å². The molecule has 20 heavy (non-hydrogen) atoms. The van der Waals surface area contributed by atoms with Crippen LogP contribution in [0.3, 0.4) is 0 Å². The zero-order chi connectivity index (χ0) is 14.9. The quantitative estimate of drug-likeness (QED) is 0.901. The highest BCUT2D eigenvalue weighted by atomic mass is 19.2. The molecule has 1 heterocycles. The van der Waals surface area contributed by atoms with Crippen LogP contribution in [0, 0.1) is 18.6 Å². The molecule has 1 aromatic heterocycles. The second kappa shape index (κ2) is 5.28. The van der Waals surface area contributed by atoms with Gasteiger partial charge in [-0.3, -0.25) is 0 Å². The maximum atomic E-state index is 13.8. The minimum Gasteiger partial charge on any atom is -0.478 e. The third-order valence-electron chi connectivity index (χ3n) is 2.69. The number of oxazole rings is 1. The molecule has 2 aromatic rings. The zero-order valence-corrected chi connectivity index (χ0v) is 10.8. The highest BCUT2D eigenvalue weighted by molar-refractivity contribution is 5.88. The fourth-order valence-corrected chi connectivity index (χ4v) is 1.69. The Morgan fingerprint density at radius 2 is 2.10 bits per heavy atom. The molecule has 1 aromatic carbocycles. The van der Waals surface area contributed by atoms with E-state index in [-0.39, 0.29) is 5.69 Å². The van der Waals surface area contributed by atoms with E-state index in [4.69, 9.17) is 9.52 Å². The van der Waals surface area contributed by atoms with Crippen molar-refractivity contribution in [3.05, 3.63) is 47.2 Å². The number of nitrogens with zero attached hydrogens (tertiary/aromatic N) is 1. The van der Waals surface area contributed by atoms with E-state index in [0.29, 0.717) is 11.7 Å². The van der Waals surface area contributed by atoms with Gasteiger partial charge in [0.2, 0.25) is 5.89 Å². The van der Waals surface area contributed by atoms with E-state index in [0.717, 1.165) is 12.1 Å². The van der Waals surface area contributed by atoms with E-state index in [2.05, 4.69) is 10.3 Å². The smallest absolute Gasteiger partial charge is 0.338 e. The highest BCUT2D eigenvalue weighted by Gasteiger charge is 2.20. The summed E-state index contributed by atoms with van der Waals surface area (Å²) in [4.78, 5) is 14.6. The summed E-state index contributed by atoms with van der Waals surface area (Å²) in [6.07, 6.45) is 1.51. The molecule has 0 aliphatic heterocycles. The number of aryl methyl sites for hydroxylation is 1. The van der Waals surface area contributed by atoms with Gasteiger partial charge in [0.1, 0.15) is 11.8 Å². The van der Waals surface area contributed by atoms with Crippen LogP contribution in [0.2, 0.25) is 0 Å². The lowest BCUT2D eigenvalue weighted by molar-refractivity contribution is 0.0690. The van der Waals surface area contributed by atoms with E-state index in [1.165, 1.54) is 6.20 Å². The standard InChI is InChI=1S/C13H12F2N2O3/c1-6-5-16-12(20-6)7(2)17-9-4-3-8(13(18)19)10(14)11(9)15/h3-5,7,17H,1-2H3,(H,18,19). The van der Waals surface area contributed by atoms with E-state index < -0.39 is 29.2 Å². The van der Waals surface area contributed by atoms with Gasteiger partial charge in [-0.05, 0) is 26.0 Å². The first-order valence-electron chi connectivity index (χ1n) is 5.80. The van der Waals surface area contributed by atoms with Gasteiger partial charge in [0, 0.05) is 0 Å². The summed E-state index contributed by atoms with van der Waals surface area (Å²) < 4.78 is 32.6.